The zero-order chi connectivity index (χ0) is 17.8. The Morgan fingerprint density at radius 1 is 1.24 bits per heavy atom. The van der Waals surface area contributed by atoms with Crippen molar-refractivity contribution in [3.8, 4) is 0 Å². The molecular formula is C18H18N2O5. The van der Waals surface area contributed by atoms with Crippen LogP contribution in [0.3, 0.4) is 0 Å². The maximum Gasteiger partial charge on any atom is 0.307 e. The van der Waals surface area contributed by atoms with Crippen LogP contribution in [-0.2, 0) is 16.0 Å². The first kappa shape index (κ1) is 16.8. The normalized spacial score (nSPS) is 16.6. The highest BCUT2D eigenvalue weighted by atomic mass is 16.4. The zero-order valence-corrected chi connectivity index (χ0v) is 13.5. The Bertz CT molecular complexity index is 785. The minimum atomic E-state index is -0.936. The summed E-state index contributed by atoms with van der Waals surface area (Å²) in [6, 6.07) is 9.33. The third-order valence-corrected chi connectivity index (χ3v) is 4.10. The van der Waals surface area contributed by atoms with E-state index in [4.69, 9.17) is 9.52 Å². The van der Waals surface area contributed by atoms with Gasteiger partial charge in [-0.2, -0.15) is 0 Å². The number of anilines is 1. The average Bonchev–Trinajstić information content (AvgIpc) is 3.26. The predicted octanol–water partition coefficient (Wildman–Crippen LogP) is 2.15. The number of nitrogens with one attached hydrogen (secondary N) is 1. The summed E-state index contributed by atoms with van der Waals surface area (Å²) in [6.07, 6.45) is 2.62. The van der Waals surface area contributed by atoms with E-state index in [0.29, 0.717) is 24.2 Å². The second kappa shape index (κ2) is 7.21. The van der Waals surface area contributed by atoms with Gasteiger partial charge in [-0.1, -0.05) is 12.1 Å². The summed E-state index contributed by atoms with van der Waals surface area (Å²) < 4.78 is 5.13. The number of aliphatic carboxylic acids is 1. The summed E-state index contributed by atoms with van der Waals surface area (Å²) in [4.78, 5) is 37.3. The molecule has 0 spiro atoms. The van der Waals surface area contributed by atoms with Crippen molar-refractivity contribution in [2.75, 3.05) is 11.9 Å². The molecule has 1 fully saturated rings. The van der Waals surface area contributed by atoms with E-state index in [9.17, 15) is 14.4 Å². The molecule has 2 aromatic rings. The molecule has 2 N–H and O–H groups in total. The molecular weight excluding hydrogens is 324 g/mol. The maximum atomic E-state index is 12.6. The van der Waals surface area contributed by atoms with Gasteiger partial charge in [-0.05, 0) is 42.7 Å². The summed E-state index contributed by atoms with van der Waals surface area (Å²) in [5.74, 6) is -1.31. The number of hydrogen-bond donors (Lipinski definition) is 2. The summed E-state index contributed by atoms with van der Waals surface area (Å²) in [6.45, 7) is 0.497. The van der Waals surface area contributed by atoms with Gasteiger partial charge in [-0.15, -0.1) is 0 Å². The first-order valence-corrected chi connectivity index (χ1v) is 8.00. The molecule has 7 heteroatoms. The lowest BCUT2D eigenvalue weighted by Crippen LogP contribution is -2.43. The van der Waals surface area contributed by atoms with Crippen molar-refractivity contribution in [2.45, 2.75) is 25.3 Å². The van der Waals surface area contributed by atoms with Gasteiger partial charge in [-0.3, -0.25) is 14.4 Å². The van der Waals surface area contributed by atoms with Crippen molar-refractivity contribution in [3.05, 3.63) is 54.0 Å². The van der Waals surface area contributed by atoms with Gasteiger partial charge in [0.2, 0.25) is 5.91 Å². The van der Waals surface area contributed by atoms with Crippen LogP contribution < -0.4 is 5.32 Å². The molecule has 1 aliphatic heterocycles. The van der Waals surface area contributed by atoms with Crippen LogP contribution in [0.5, 0.6) is 0 Å². The number of carboxylic acid groups (broad SMARTS) is 1. The van der Waals surface area contributed by atoms with Gasteiger partial charge in [-0.25, -0.2) is 0 Å². The highest BCUT2D eigenvalue weighted by molar-refractivity contribution is 6.00. The summed E-state index contributed by atoms with van der Waals surface area (Å²) in [5, 5.41) is 11.6. The van der Waals surface area contributed by atoms with Gasteiger partial charge in [0.15, 0.2) is 5.76 Å². The quantitative estimate of drug-likeness (QED) is 0.867. The lowest BCUT2D eigenvalue weighted by Gasteiger charge is -2.23. The molecule has 0 aliphatic carbocycles. The highest BCUT2D eigenvalue weighted by Crippen LogP contribution is 2.22. The number of hydrogen-bond acceptors (Lipinski definition) is 4. The Kier molecular flexibility index (Phi) is 4.83. The van der Waals surface area contributed by atoms with Crippen molar-refractivity contribution in [1.29, 1.82) is 0 Å². The molecule has 1 aromatic carbocycles. The van der Waals surface area contributed by atoms with Gasteiger partial charge in [0, 0.05) is 12.2 Å². The number of carbonyl (C=O) groups is 3. The predicted molar refractivity (Wildman–Crippen MR) is 89.2 cm³/mol. The van der Waals surface area contributed by atoms with E-state index < -0.39 is 12.0 Å². The molecule has 2 amide bonds. The van der Waals surface area contributed by atoms with Crippen LogP contribution in [0, 0.1) is 0 Å². The van der Waals surface area contributed by atoms with Crippen molar-refractivity contribution < 1.29 is 23.9 Å². The molecule has 7 nitrogen and oxygen atoms in total. The molecule has 0 radical (unpaired) electrons. The molecule has 0 saturated carbocycles. The number of carbonyl (C=O) groups excluding carboxylic acids is 2. The van der Waals surface area contributed by atoms with E-state index in [-0.39, 0.29) is 24.0 Å². The van der Waals surface area contributed by atoms with Crippen molar-refractivity contribution >= 4 is 23.5 Å². The Hall–Kier alpha value is -3.09. The minimum Gasteiger partial charge on any atom is -0.481 e. The third kappa shape index (κ3) is 3.88. The second-order valence-electron chi connectivity index (χ2n) is 5.89. The van der Waals surface area contributed by atoms with Crippen LogP contribution >= 0.6 is 0 Å². The van der Waals surface area contributed by atoms with Crippen molar-refractivity contribution in [3.63, 3.8) is 0 Å². The Morgan fingerprint density at radius 2 is 2.08 bits per heavy atom. The van der Waals surface area contributed by atoms with Gasteiger partial charge in [0.25, 0.3) is 5.91 Å². The molecule has 1 atom stereocenters. The first-order chi connectivity index (χ1) is 12.0. The second-order valence-corrected chi connectivity index (χ2v) is 5.89. The summed E-state index contributed by atoms with van der Waals surface area (Å²) >= 11 is 0. The van der Waals surface area contributed by atoms with Crippen LogP contribution in [0.2, 0.25) is 0 Å². The standard InChI is InChI=1S/C18H18N2O5/c21-16(22)11-12-4-1-5-13(10-12)19-17(23)14-6-2-8-20(14)18(24)15-7-3-9-25-15/h1,3-5,7,9-10,14H,2,6,8,11H2,(H,19,23)(H,21,22)/t14-/m1/s1. The Balaban J connectivity index is 1.70. The fourth-order valence-corrected chi connectivity index (χ4v) is 2.98. The fraction of sp³-hybridized carbons (Fsp3) is 0.278. The van der Waals surface area contributed by atoms with Crippen LogP contribution in [0.1, 0.15) is 29.0 Å². The smallest absolute Gasteiger partial charge is 0.307 e. The van der Waals surface area contributed by atoms with Crippen LogP contribution in [0.15, 0.2) is 47.1 Å². The lowest BCUT2D eigenvalue weighted by molar-refractivity contribution is -0.136. The Labute approximate surface area is 144 Å². The van der Waals surface area contributed by atoms with E-state index in [1.807, 2.05) is 0 Å². The summed E-state index contributed by atoms with van der Waals surface area (Å²) in [5.41, 5.74) is 1.11. The molecule has 130 valence electrons. The van der Waals surface area contributed by atoms with Crippen molar-refractivity contribution in [1.82, 2.24) is 4.90 Å². The molecule has 1 aromatic heterocycles. The van der Waals surface area contributed by atoms with Gasteiger partial charge < -0.3 is 19.7 Å². The van der Waals surface area contributed by atoms with Gasteiger partial charge in [0.1, 0.15) is 6.04 Å². The fourth-order valence-electron chi connectivity index (χ4n) is 2.98. The number of carboxylic acids is 1. The lowest BCUT2D eigenvalue weighted by atomic mass is 10.1. The number of furan rings is 1. The average molecular weight is 342 g/mol. The first-order valence-electron chi connectivity index (χ1n) is 8.00. The third-order valence-electron chi connectivity index (χ3n) is 4.10. The van der Waals surface area contributed by atoms with E-state index in [0.717, 1.165) is 6.42 Å². The van der Waals surface area contributed by atoms with E-state index in [2.05, 4.69) is 5.32 Å². The molecule has 1 saturated heterocycles. The van der Waals surface area contributed by atoms with E-state index in [1.165, 1.54) is 11.2 Å². The van der Waals surface area contributed by atoms with Crippen LogP contribution in [0.4, 0.5) is 5.69 Å². The Morgan fingerprint density at radius 3 is 2.80 bits per heavy atom. The minimum absolute atomic E-state index is 0.115. The zero-order valence-electron chi connectivity index (χ0n) is 13.5. The van der Waals surface area contributed by atoms with Crippen LogP contribution in [0.25, 0.3) is 0 Å². The molecule has 0 unspecified atom stereocenters. The van der Waals surface area contributed by atoms with Crippen molar-refractivity contribution in [2.24, 2.45) is 0 Å². The number of nitrogens with zero attached hydrogens (tertiary/aromatic N) is 1. The molecule has 1 aliphatic rings. The molecule has 0 bridgehead atoms. The SMILES string of the molecule is O=C(O)Cc1cccc(NC(=O)[C@H]2CCCN2C(=O)c2ccco2)c1. The monoisotopic (exact) mass is 342 g/mol. The van der Waals surface area contributed by atoms with E-state index >= 15 is 0 Å². The van der Waals surface area contributed by atoms with Gasteiger partial charge >= 0.3 is 5.97 Å². The number of rotatable bonds is 5. The van der Waals surface area contributed by atoms with Crippen LogP contribution in [-0.4, -0.2) is 40.4 Å². The van der Waals surface area contributed by atoms with Gasteiger partial charge in [0.05, 0.1) is 12.7 Å². The molecule has 2 heterocycles. The number of benzene rings is 1. The highest BCUT2D eigenvalue weighted by Gasteiger charge is 2.35. The largest absolute Gasteiger partial charge is 0.481 e. The molecule has 25 heavy (non-hydrogen) atoms. The maximum absolute atomic E-state index is 12.6. The molecule has 3 rings (SSSR count). The number of likely N-dealkylation sites (tertiary alicyclic amines) is 1. The number of amides is 2. The topological polar surface area (TPSA) is 99.9 Å². The summed E-state index contributed by atoms with van der Waals surface area (Å²) in [7, 11) is 0. The van der Waals surface area contributed by atoms with E-state index in [1.54, 1.807) is 36.4 Å².